The second-order valence-electron chi connectivity index (χ2n) is 16.5. The van der Waals surface area contributed by atoms with Gasteiger partial charge in [-0.1, -0.05) is 83.7 Å². The number of carbonyl (C=O) groups is 1. The van der Waals surface area contributed by atoms with Crippen molar-refractivity contribution in [1.29, 1.82) is 0 Å². The number of ether oxygens (including phenoxy) is 2. The Morgan fingerprint density at radius 2 is 1.74 bits per heavy atom. The van der Waals surface area contributed by atoms with Gasteiger partial charge in [0.05, 0.1) is 5.39 Å². The molecule has 4 aliphatic rings. The lowest BCUT2D eigenvalue weighted by Gasteiger charge is -2.58. The largest absolute Gasteiger partial charge is 0.482 e. The molecule has 0 unspecified atom stereocenters. The Kier molecular flexibility index (Phi) is 8.81. The normalized spacial score (nSPS) is 32.4. The molecule has 47 heavy (non-hydrogen) atoms. The smallest absolute Gasteiger partial charge is 0.344 e. The highest BCUT2D eigenvalue weighted by Gasteiger charge is 2.59. The van der Waals surface area contributed by atoms with E-state index >= 15 is 0 Å². The molecule has 2 aromatic carbocycles. The Morgan fingerprint density at radius 1 is 0.936 bits per heavy atom. The van der Waals surface area contributed by atoms with E-state index in [1.807, 2.05) is 30.3 Å². The van der Waals surface area contributed by atoms with Crippen molar-refractivity contribution in [1.82, 2.24) is 0 Å². The van der Waals surface area contributed by atoms with E-state index in [0.29, 0.717) is 22.1 Å². The van der Waals surface area contributed by atoms with E-state index in [1.165, 1.54) is 56.9 Å². The summed E-state index contributed by atoms with van der Waals surface area (Å²) in [6.07, 6.45) is 16.2. The first-order valence-electron chi connectivity index (χ1n) is 18.5. The SMILES string of the molecule is CC(C)CCC[C@@H](C)[C@H]1CC[C@@H]2[C@@H]3CC=C4C[C@@H](OC(=O)COc5ccc6c(c5)oc(=O)c5ccccc56)CC[C@]4(C)[C@@H]3CC[C@@]21C. The molecule has 252 valence electrons. The zero-order chi connectivity index (χ0) is 32.9. The van der Waals surface area contributed by atoms with Crippen molar-refractivity contribution in [2.45, 2.75) is 111 Å². The van der Waals surface area contributed by atoms with Crippen LogP contribution in [0.1, 0.15) is 105 Å². The summed E-state index contributed by atoms with van der Waals surface area (Å²) >= 11 is 0. The standard InChI is InChI=1S/C42H54O5/c1-26(2)9-8-10-27(3)35-17-18-36-34-15-13-28-23-30(19-21-41(28,4)37(34)20-22-42(35,36)5)46-39(43)25-45-29-14-16-32-31-11-6-7-12-33(31)40(44)47-38(32)24-29/h6-7,11-14,16,24,26-27,30,34-37H,8-10,15,17-23,25H2,1-5H3/t27-,30+,34+,35-,36-,37-,41+,42-/m1/s1. The van der Waals surface area contributed by atoms with Gasteiger partial charge in [-0.3, -0.25) is 0 Å². The molecule has 0 aliphatic heterocycles. The molecule has 1 heterocycles. The third-order valence-corrected chi connectivity index (χ3v) is 13.5. The first-order valence-corrected chi connectivity index (χ1v) is 18.5. The van der Waals surface area contributed by atoms with Crippen molar-refractivity contribution < 1.29 is 18.7 Å². The maximum absolute atomic E-state index is 12.9. The molecular weight excluding hydrogens is 584 g/mol. The third-order valence-electron chi connectivity index (χ3n) is 13.5. The number of hydrogen-bond acceptors (Lipinski definition) is 5. The van der Waals surface area contributed by atoms with Crippen LogP contribution in [0.2, 0.25) is 0 Å². The summed E-state index contributed by atoms with van der Waals surface area (Å²) < 4.78 is 17.4. The molecule has 4 aliphatic carbocycles. The summed E-state index contributed by atoms with van der Waals surface area (Å²) in [5.41, 5.74) is 2.32. The molecular formula is C42H54O5. The highest BCUT2D eigenvalue weighted by molar-refractivity contribution is 6.04. The number of carbonyl (C=O) groups excluding carboxylic acids is 1. The minimum Gasteiger partial charge on any atom is -0.482 e. The van der Waals surface area contributed by atoms with Crippen LogP contribution in [0.5, 0.6) is 5.75 Å². The molecule has 0 spiro atoms. The van der Waals surface area contributed by atoms with Crippen LogP contribution in [-0.2, 0) is 9.53 Å². The zero-order valence-electron chi connectivity index (χ0n) is 29.2. The second kappa shape index (κ2) is 12.7. The van der Waals surface area contributed by atoms with Gasteiger partial charge in [0.15, 0.2) is 6.61 Å². The van der Waals surface area contributed by atoms with Crippen LogP contribution in [-0.4, -0.2) is 18.7 Å². The Balaban J connectivity index is 0.961. The van der Waals surface area contributed by atoms with E-state index in [-0.39, 0.29) is 29.7 Å². The van der Waals surface area contributed by atoms with Crippen LogP contribution in [0.25, 0.3) is 21.7 Å². The van der Waals surface area contributed by atoms with Crippen LogP contribution in [0.4, 0.5) is 0 Å². The first kappa shape index (κ1) is 32.5. The number of esters is 1. The first-order chi connectivity index (χ1) is 22.6. The minimum absolute atomic E-state index is 0.0978. The van der Waals surface area contributed by atoms with Gasteiger partial charge in [-0.15, -0.1) is 0 Å². The van der Waals surface area contributed by atoms with Gasteiger partial charge in [0, 0.05) is 17.9 Å². The van der Waals surface area contributed by atoms with Crippen LogP contribution >= 0.6 is 0 Å². The van der Waals surface area contributed by atoms with Gasteiger partial charge in [0.25, 0.3) is 0 Å². The van der Waals surface area contributed by atoms with Gasteiger partial charge in [-0.05, 0) is 115 Å². The van der Waals surface area contributed by atoms with Crippen molar-refractivity contribution in [2.24, 2.45) is 46.3 Å². The van der Waals surface area contributed by atoms with Crippen molar-refractivity contribution in [3.8, 4) is 5.75 Å². The maximum Gasteiger partial charge on any atom is 0.344 e. The number of hydrogen-bond donors (Lipinski definition) is 0. The summed E-state index contributed by atoms with van der Waals surface area (Å²) in [6, 6.07) is 12.8. The fraction of sp³-hybridized carbons (Fsp3) is 0.619. The Morgan fingerprint density at radius 3 is 2.55 bits per heavy atom. The number of benzene rings is 2. The number of fused-ring (bicyclic) bond motifs is 8. The van der Waals surface area contributed by atoms with Gasteiger partial charge in [-0.25, -0.2) is 9.59 Å². The average molecular weight is 639 g/mol. The van der Waals surface area contributed by atoms with Crippen LogP contribution < -0.4 is 10.4 Å². The molecule has 0 amide bonds. The highest BCUT2D eigenvalue weighted by Crippen LogP contribution is 2.67. The van der Waals surface area contributed by atoms with Gasteiger partial charge >= 0.3 is 11.6 Å². The Hall–Kier alpha value is -3.08. The topological polar surface area (TPSA) is 65.7 Å². The Labute approximate surface area is 280 Å². The van der Waals surface area contributed by atoms with Gasteiger partial charge < -0.3 is 13.9 Å². The molecule has 0 radical (unpaired) electrons. The summed E-state index contributed by atoms with van der Waals surface area (Å²) in [5, 5.41) is 2.23. The summed E-state index contributed by atoms with van der Waals surface area (Å²) in [5.74, 6) is 5.06. The highest BCUT2D eigenvalue weighted by atomic mass is 16.6. The van der Waals surface area contributed by atoms with E-state index in [2.05, 4.69) is 40.7 Å². The Bertz CT molecular complexity index is 1720. The van der Waals surface area contributed by atoms with Crippen molar-refractivity contribution in [3.05, 3.63) is 64.5 Å². The molecule has 1 aromatic heterocycles. The number of rotatable bonds is 9. The maximum atomic E-state index is 12.9. The molecule has 3 saturated carbocycles. The van der Waals surface area contributed by atoms with Crippen LogP contribution in [0.3, 0.4) is 0 Å². The molecule has 3 fully saturated rings. The van der Waals surface area contributed by atoms with Crippen molar-refractivity contribution in [2.75, 3.05) is 6.61 Å². The molecule has 5 nitrogen and oxygen atoms in total. The molecule has 5 heteroatoms. The van der Waals surface area contributed by atoms with E-state index in [1.54, 1.807) is 12.1 Å². The van der Waals surface area contributed by atoms with Crippen LogP contribution in [0.15, 0.2) is 63.3 Å². The van der Waals surface area contributed by atoms with Gasteiger partial charge in [-0.2, -0.15) is 0 Å². The van der Waals surface area contributed by atoms with Gasteiger partial charge in [0.2, 0.25) is 0 Å². The lowest BCUT2D eigenvalue weighted by molar-refractivity contribution is -0.153. The summed E-state index contributed by atoms with van der Waals surface area (Å²) in [4.78, 5) is 25.4. The molecule has 0 bridgehead atoms. The van der Waals surface area contributed by atoms with Crippen molar-refractivity contribution in [3.63, 3.8) is 0 Å². The van der Waals surface area contributed by atoms with E-state index < -0.39 is 0 Å². The molecule has 0 N–H and O–H groups in total. The van der Waals surface area contributed by atoms with E-state index in [0.717, 1.165) is 65.5 Å². The molecule has 7 rings (SSSR count). The van der Waals surface area contributed by atoms with Gasteiger partial charge in [0.1, 0.15) is 17.4 Å². The molecule has 0 saturated heterocycles. The molecule has 8 atom stereocenters. The lowest BCUT2D eigenvalue weighted by Crippen LogP contribution is -2.51. The monoisotopic (exact) mass is 638 g/mol. The third kappa shape index (κ3) is 5.95. The zero-order valence-corrected chi connectivity index (χ0v) is 29.2. The summed E-state index contributed by atoms with van der Waals surface area (Å²) in [7, 11) is 0. The lowest BCUT2D eigenvalue weighted by atomic mass is 9.47. The predicted octanol–water partition coefficient (Wildman–Crippen LogP) is 10.3. The minimum atomic E-state index is -0.380. The second-order valence-corrected chi connectivity index (χ2v) is 16.5. The quantitative estimate of drug-likeness (QED) is 0.101. The van der Waals surface area contributed by atoms with E-state index in [4.69, 9.17) is 13.9 Å². The molecule has 3 aromatic rings. The van der Waals surface area contributed by atoms with Crippen LogP contribution in [0, 0.1) is 46.3 Å². The fourth-order valence-electron chi connectivity index (χ4n) is 11.1. The summed E-state index contributed by atoms with van der Waals surface area (Å²) in [6.45, 7) is 12.3. The van der Waals surface area contributed by atoms with E-state index in [9.17, 15) is 9.59 Å². The fourth-order valence-corrected chi connectivity index (χ4v) is 11.1. The number of allylic oxidation sites excluding steroid dienone is 1. The predicted molar refractivity (Wildman–Crippen MR) is 188 cm³/mol. The van der Waals surface area contributed by atoms with Crippen molar-refractivity contribution >= 4 is 27.7 Å². The average Bonchev–Trinajstić information content (AvgIpc) is 3.41.